The molecule has 1 aliphatic rings. The van der Waals surface area contributed by atoms with E-state index < -0.39 is 0 Å². The third-order valence-electron chi connectivity index (χ3n) is 4.10. The predicted molar refractivity (Wildman–Crippen MR) is 92.6 cm³/mol. The van der Waals surface area contributed by atoms with Crippen molar-refractivity contribution in [3.8, 4) is 0 Å². The Labute approximate surface area is 144 Å². The summed E-state index contributed by atoms with van der Waals surface area (Å²) in [4.78, 5) is 19.0. The largest absolute Gasteiger partial charge is 0.356 e. The summed E-state index contributed by atoms with van der Waals surface area (Å²) in [6.07, 6.45) is 3.62. The van der Waals surface area contributed by atoms with E-state index in [9.17, 15) is 4.79 Å². The second kappa shape index (κ2) is 6.70. The van der Waals surface area contributed by atoms with Crippen LogP contribution in [0.25, 0.3) is 0 Å². The molecule has 6 nitrogen and oxygen atoms in total. The zero-order valence-electron chi connectivity index (χ0n) is 13.3. The van der Waals surface area contributed by atoms with Crippen molar-refractivity contribution in [2.24, 2.45) is 7.05 Å². The fourth-order valence-electron chi connectivity index (χ4n) is 2.93. The maximum atomic E-state index is 12.3. The van der Waals surface area contributed by atoms with E-state index in [4.69, 9.17) is 0 Å². The Bertz CT molecular complexity index is 706. The van der Waals surface area contributed by atoms with Gasteiger partial charge in [-0.1, -0.05) is 0 Å². The number of aromatic nitrogens is 3. The van der Waals surface area contributed by atoms with Crippen LogP contribution in [-0.4, -0.2) is 39.8 Å². The lowest BCUT2D eigenvalue weighted by Crippen LogP contribution is -2.45. The van der Waals surface area contributed by atoms with Crippen LogP contribution < -0.4 is 10.2 Å². The number of nitrogens with zero attached hydrogens (tertiary/aromatic N) is 4. The molecule has 7 heteroatoms. The SMILES string of the molecule is Cc1cc(C(=O)NC2CCN(c3ncccc3Br)CC2)n(C)n1. The summed E-state index contributed by atoms with van der Waals surface area (Å²) in [7, 11) is 1.79. The number of piperidine rings is 1. The number of carbonyl (C=O) groups is 1. The lowest BCUT2D eigenvalue weighted by Gasteiger charge is -2.33. The van der Waals surface area contributed by atoms with Crippen LogP contribution in [-0.2, 0) is 7.05 Å². The highest BCUT2D eigenvalue weighted by Crippen LogP contribution is 2.25. The molecule has 3 heterocycles. The second-order valence-electron chi connectivity index (χ2n) is 5.84. The van der Waals surface area contributed by atoms with Crippen molar-refractivity contribution in [2.45, 2.75) is 25.8 Å². The molecule has 1 saturated heterocycles. The normalized spacial score (nSPS) is 15.7. The molecule has 0 spiro atoms. The van der Waals surface area contributed by atoms with Gasteiger partial charge in [-0.2, -0.15) is 5.10 Å². The van der Waals surface area contributed by atoms with Gasteiger partial charge in [-0.25, -0.2) is 4.98 Å². The van der Waals surface area contributed by atoms with Crippen LogP contribution >= 0.6 is 15.9 Å². The minimum atomic E-state index is -0.0504. The fraction of sp³-hybridized carbons (Fsp3) is 0.438. The van der Waals surface area contributed by atoms with Crippen molar-refractivity contribution < 1.29 is 4.79 Å². The summed E-state index contributed by atoms with van der Waals surface area (Å²) >= 11 is 3.54. The number of hydrogen-bond acceptors (Lipinski definition) is 4. The van der Waals surface area contributed by atoms with Crippen LogP contribution in [0.4, 0.5) is 5.82 Å². The lowest BCUT2D eigenvalue weighted by molar-refractivity contribution is 0.0921. The molecule has 0 unspecified atom stereocenters. The summed E-state index contributed by atoms with van der Waals surface area (Å²) in [5, 5.41) is 7.34. The Morgan fingerprint density at radius 2 is 2.13 bits per heavy atom. The summed E-state index contributed by atoms with van der Waals surface area (Å²) in [5.41, 5.74) is 1.46. The van der Waals surface area contributed by atoms with Crippen molar-refractivity contribution >= 4 is 27.7 Å². The van der Waals surface area contributed by atoms with Gasteiger partial charge in [0.25, 0.3) is 5.91 Å². The van der Waals surface area contributed by atoms with Crippen molar-refractivity contribution in [3.63, 3.8) is 0 Å². The second-order valence-corrected chi connectivity index (χ2v) is 6.69. The van der Waals surface area contributed by atoms with Crippen LogP contribution in [0.3, 0.4) is 0 Å². The monoisotopic (exact) mass is 377 g/mol. The summed E-state index contributed by atoms with van der Waals surface area (Å²) in [6.45, 7) is 3.65. The van der Waals surface area contributed by atoms with E-state index in [-0.39, 0.29) is 11.9 Å². The van der Waals surface area contributed by atoms with Crippen molar-refractivity contribution in [1.29, 1.82) is 0 Å². The maximum absolute atomic E-state index is 12.3. The van der Waals surface area contributed by atoms with Gasteiger partial charge >= 0.3 is 0 Å². The van der Waals surface area contributed by atoms with E-state index in [1.54, 1.807) is 17.9 Å². The average Bonchev–Trinajstić information content (AvgIpc) is 2.87. The molecule has 2 aromatic heterocycles. The van der Waals surface area contributed by atoms with E-state index in [0.29, 0.717) is 5.69 Å². The Morgan fingerprint density at radius 3 is 2.74 bits per heavy atom. The van der Waals surface area contributed by atoms with Crippen LogP contribution in [0.2, 0.25) is 0 Å². The molecule has 3 rings (SSSR count). The highest BCUT2D eigenvalue weighted by molar-refractivity contribution is 9.10. The van der Waals surface area contributed by atoms with E-state index >= 15 is 0 Å². The predicted octanol–water partition coefficient (Wildman–Crippen LogP) is 2.28. The number of carbonyl (C=O) groups excluding carboxylic acids is 1. The number of pyridine rings is 1. The number of hydrogen-bond donors (Lipinski definition) is 1. The van der Waals surface area contributed by atoms with Gasteiger partial charge in [-0.15, -0.1) is 0 Å². The Hall–Kier alpha value is -1.89. The molecule has 1 N–H and O–H groups in total. The number of anilines is 1. The van der Waals surface area contributed by atoms with Gasteiger partial charge in [-0.05, 0) is 53.9 Å². The van der Waals surface area contributed by atoms with Crippen molar-refractivity contribution in [2.75, 3.05) is 18.0 Å². The summed E-state index contributed by atoms with van der Waals surface area (Å²) in [6, 6.07) is 5.92. The number of aryl methyl sites for hydroxylation is 2. The zero-order valence-corrected chi connectivity index (χ0v) is 14.9. The van der Waals surface area contributed by atoms with Gasteiger partial charge in [-0.3, -0.25) is 9.48 Å². The third-order valence-corrected chi connectivity index (χ3v) is 4.72. The molecule has 0 aromatic carbocycles. The maximum Gasteiger partial charge on any atom is 0.269 e. The van der Waals surface area contributed by atoms with Gasteiger partial charge in [0.05, 0.1) is 10.2 Å². The van der Waals surface area contributed by atoms with Crippen LogP contribution in [0.15, 0.2) is 28.9 Å². The summed E-state index contributed by atoms with van der Waals surface area (Å²) < 4.78 is 2.64. The van der Waals surface area contributed by atoms with E-state index in [1.807, 2.05) is 25.1 Å². The zero-order chi connectivity index (χ0) is 16.4. The number of nitrogens with one attached hydrogen (secondary N) is 1. The highest BCUT2D eigenvalue weighted by Gasteiger charge is 2.23. The molecule has 23 heavy (non-hydrogen) atoms. The standard InChI is InChI=1S/C16H20BrN5O/c1-11-10-14(21(2)20-11)16(23)19-12-5-8-22(9-6-12)15-13(17)4-3-7-18-15/h3-4,7,10,12H,5-6,8-9H2,1-2H3,(H,19,23). The molecule has 2 aromatic rings. The Morgan fingerprint density at radius 1 is 1.39 bits per heavy atom. The fourth-order valence-corrected chi connectivity index (χ4v) is 3.43. The highest BCUT2D eigenvalue weighted by atomic mass is 79.9. The topological polar surface area (TPSA) is 63.1 Å². The first-order chi connectivity index (χ1) is 11.0. The van der Waals surface area contributed by atoms with Crippen LogP contribution in [0, 0.1) is 6.92 Å². The molecule has 122 valence electrons. The first-order valence-corrected chi connectivity index (χ1v) is 8.51. The molecular weight excluding hydrogens is 358 g/mol. The van der Waals surface area contributed by atoms with Crippen molar-refractivity contribution in [3.05, 3.63) is 40.3 Å². The molecule has 0 saturated carbocycles. The van der Waals surface area contributed by atoms with Gasteiger partial charge in [0.2, 0.25) is 0 Å². The lowest BCUT2D eigenvalue weighted by atomic mass is 10.0. The molecular formula is C16H20BrN5O. The van der Waals surface area contributed by atoms with Gasteiger partial charge in [0.15, 0.2) is 0 Å². The Kier molecular flexibility index (Phi) is 4.66. The molecule has 0 aliphatic carbocycles. The molecule has 0 atom stereocenters. The smallest absolute Gasteiger partial charge is 0.269 e. The average molecular weight is 378 g/mol. The molecule has 1 amide bonds. The van der Waals surface area contributed by atoms with E-state index in [2.05, 4.69) is 36.2 Å². The summed E-state index contributed by atoms with van der Waals surface area (Å²) in [5.74, 6) is 0.921. The molecule has 0 bridgehead atoms. The Balaban J connectivity index is 1.58. The molecule has 1 aliphatic heterocycles. The number of amides is 1. The quantitative estimate of drug-likeness (QED) is 0.890. The first-order valence-electron chi connectivity index (χ1n) is 7.71. The van der Waals surface area contributed by atoms with Crippen molar-refractivity contribution in [1.82, 2.24) is 20.1 Å². The molecule has 1 fully saturated rings. The van der Waals surface area contributed by atoms with Gasteiger partial charge < -0.3 is 10.2 Å². The minimum Gasteiger partial charge on any atom is -0.356 e. The van der Waals surface area contributed by atoms with Crippen LogP contribution in [0.1, 0.15) is 29.0 Å². The molecule has 0 radical (unpaired) electrons. The number of rotatable bonds is 3. The van der Waals surface area contributed by atoms with E-state index in [1.165, 1.54) is 0 Å². The number of halogens is 1. The van der Waals surface area contributed by atoms with Gasteiger partial charge in [0.1, 0.15) is 11.5 Å². The first kappa shape index (κ1) is 16.0. The van der Waals surface area contributed by atoms with E-state index in [0.717, 1.165) is 41.9 Å². The van der Waals surface area contributed by atoms with Crippen LogP contribution in [0.5, 0.6) is 0 Å². The van der Waals surface area contributed by atoms with Gasteiger partial charge in [0, 0.05) is 32.4 Å². The third kappa shape index (κ3) is 3.55. The minimum absolute atomic E-state index is 0.0504.